The van der Waals surface area contributed by atoms with Gasteiger partial charge in [0.05, 0.1) is 0 Å². The minimum Gasteiger partial charge on any atom is -0.478 e. The second-order valence-electron chi connectivity index (χ2n) is 7.74. The number of unbranched alkanes of at least 4 members (excludes halogenated alkanes) is 2. The number of carboxylic acid groups (broad SMARTS) is 1. The lowest BCUT2D eigenvalue weighted by Gasteiger charge is -2.23. The predicted molar refractivity (Wildman–Crippen MR) is 118 cm³/mol. The summed E-state index contributed by atoms with van der Waals surface area (Å²) in [6.07, 6.45) is 4.91. The SMILES string of the molecule is C=CCCCCN(Cc1cccc(OC(C)(C)C(=O)O)c1)c1nc2ccccc2o1. The molecule has 0 fully saturated rings. The molecule has 0 unspecified atom stereocenters. The number of nitrogens with zero attached hydrogens (tertiary/aromatic N) is 2. The average molecular weight is 408 g/mol. The number of aliphatic carboxylic acids is 1. The van der Waals surface area contributed by atoms with Gasteiger partial charge in [-0.25, -0.2) is 4.79 Å². The van der Waals surface area contributed by atoms with Gasteiger partial charge in [0.2, 0.25) is 0 Å². The van der Waals surface area contributed by atoms with Crippen molar-refractivity contribution in [1.82, 2.24) is 4.98 Å². The van der Waals surface area contributed by atoms with Crippen molar-refractivity contribution in [2.24, 2.45) is 0 Å². The van der Waals surface area contributed by atoms with E-state index in [9.17, 15) is 9.90 Å². The molecule has 2 aromatic carbocycles. The number of benzene rings is 2. The molecule has 0 atom stereocenters. The Morgan fingerprint density at radius 3 is 2.77 bits per heavy atom. The minimum atomic E-state index is -1.30. The van der Waals surface area contributed by atoms with E-state index < -0.39 is 11.6 Å². The topological polar surface area (TPSA) is 75.8 Å². The molecule has 0 amide bonds. The first-order valence-electron chi connectivity index (χ1n) is 10.1. The van der Waals surface area contributed by atoms with E-state index in [2.05, 4.69) is 16.5 Å². The second-order valence-corrected chi connectivity index (χ2v) is 7.74. The predicted octanol–water partition coefficient (Wildman–Crippen LogP) is 5.43. The Balaban J connectivity index is 1.81. The third kappa shape index (κ3) is 5.41. The van der Waals surface area contributed by atoms with Gasteiger partial charge < -0.3 is 19.2 Å². The number of anilines is 1. The van der Waals surface area contributed by atoms with E-state index in [0.717, 1.165) is 42.5 Å². The standard InChI is InChI=1S/C24H28N2O4/c1-4-5-6-9-15-26(23-25-20-13-7-8-14-21(20)29-23)17-18-11-10-12-19(16-18)30-24(2,3)22(27)28/h4,7-8,10-14,16H,1,5-6,9,15,17H2,2-3H3,(H,27,28). The summed E-state index contributed by atoms with van der Waals surface area (Å²) < 4.78 is 11.7. The highest BCUT2D eigenvalue weighted by molar-refractivity contribution is 5.76. The van der Waals surface area contributed by atoms with Crippen LogP contribution in [0.4, 0.5) is 6.01 Å². The largest absolute Gasteiger partial charge is 0.478 e. The van der Waals surface area contributed by atoms with Crippen LogP contribution in [0.25, 0.3) is 11.1 Å². The van der Waals surface area contributed by atoms with Crippen LogP contribution >= 0.6 is 0 Å². The van der Waals surface area contributed by atoms with Gasteiger partial charge in [0.1, 0.15) is 11.3 Å². The fraction of sp³-hybridized carbons (Fsp3) is 0.333. The van der Waals surface area contributed by atoms with Crippen molar-refractivity contribution in [3.63, 3.8) is 0 Å². The Morgan fingerprint density at radius 2 is 2.03 bits per heavy atom. The van der Waals surface area contributed by atoms with Gasteiger partial charge in [-0.2, -0.15) is 4.98 Å². The zero-order chi connectivity index (χ0) is 21.6. The molecule has 0 spiro atoms. The molecule has 0 aliphatic heterocycles. The quantitative estimate of drug-likeness (QED) is 0.337. The molecule has 3 aromatic rings. The van der Waals surface area contributed by atoms with E-state index in [-0.39, 0.29) is 0 Å². The molecule has 1 N–H and O–H groups in total. The summed E-state index contributed by atoms with van der Waals surface area (Å²) in [5, 5.41) is 9.32. The van der Waals surface area contributed by atoms with Crippen molar-refractivity contribution in [2.45, 2.75) is 45.3 Å². The highest BCUT2D eigenvalue weighted by Gasteiger charge is 2.29. The zero-order valence-electron chi connectivity index (χ0n) is 17.5. The maximum Gasteiger partial charge on any atom is 0.347 e. The number of carboxylic acids is 1. The van der Waals surface area contributed by atoms with Gasteiger partial charge in [-0.05, 0) is 62.9 Å². The third-order valence-electron chi connectivity index (χ3n) is 4.80. The Bertz CT molecular complexity index is 976. The Hall–Kier alpha value is -3.28. The molecule has 158 valence electrons. The number of aromatic nitrogens is 1. The van der Waals surface area contributed by atoms with E-state index in [1.807, 2.05) is 48.5 Å². The molecule has 0 saturated heterocycles. The summed E-state index contributed by atoms with van der Waals surface area (Å²) in [6, 6.07) is 15.8. The number of hydrogen-bond donors (Lipinski definition) is 1. The van der Waals surface area contributed by atoms with Crippen molar-refractivity contribution >= 4 is 23.1 Å². The molecule has 30 heavy (non-hydrogen) atoms. The van der Waals surface area contributed by atoms with Gasteiger partial charge >= 0.3 is 5.97 Å². The van der Waals surface area contributed by atoms with Crippen LogP contribution in [0, 0.1) is 0 Å². The van der Waals surface area contributed by atoms with Crippen molar-refractivity contribution in [2.75, 3.05) is 11.4 Å². The lowest BCUT2D eigenvalue weighted by atomic mass is 10.1. The van der Waals surface area contributed by atoms with Gasteiger partial charge in [0.25, 0.3) is 6.01 Å². The molecule has 0 radical (unpaired) electrons. The highest BCUT2D eigenvalue weighted by Crippen LogP contribution is 2.25. The van der Waals surface area contributed by atoms with Crippen LogP contribution in [0.3, 0.4) is 0 Å². The van der Waals surface area contributed by atoms with E-state index in [0.29, 0.717) is 18.3 Å². The van der Waals surface area contributed by atoms with Crippen LogP contribution in [0.15, 0.2) is 65.6 Å². The van der Waals surface area contributed by atoms with E-state index >= 15 is 0 Å². The lowest BCUT2D eigenvalue weighted by Crippen LogP contribution is -2.37. The molecule has 6 heteroatoms. The monoisotopic (exact) mass is 408 g/mol. The summed E-state index contributed by atoms with van der Waals surface area (Å²) in [4.78, 5) is 18.1. The van der Waals surface area contributed by atoms with Crippen molar-refractivity contribution in [3.05, 3.63) is 66.7 Å². The van der Waals surface area contributed by atoms with Gasteiger partial charge in [-0.1, -0.05) is 30.3 Å². The summed E-state index contributed by atoms with van der Waals surface area (Å²) in [6.45, 7) is 8.21. The van der Waals surface area contributed by atoms with Gasteiger partial charge in [-0.3, -0.25) is 0 Å². The number of carbonyl (C=O) groups is 1. The molecule has 0 aliphatic carbocycles. The zero-order valence-corrected chi connectivity index (χ0v) is 17.5. The Labute approximate surface area is 176 Å². The van der Waals surface area contributed by atoms with Crippen LogP contribution in [-0.4, -0.2) is 28.2 Å². The summed E-state index contributed by atoms with van der Waals surface area (Å²) in [5.41, 5.74) is 1.26. The van der Waals surface area contributed by atoms with E-state index in [1.165, 1.54) is 13.8 Å². The smallest absolute Gasteiger partial charge is 0.347 e. The maximum atomic E-state index is 11.4. The molecule has 0 bridgehead atoms. The van der Waals surface area contributed by atoms with Crippen LogP contribution in [0.2, 0.25) is 0 Å². The third-order valence-corrected chi connectivity index (χ3v) is 4.80. The molecule has 0 aliphatic rings. The first kappa shape index (κ1) is 21.4. The van der Waals surface area contributed by atoms with Crippen LogP contribution in [0.5, 0.6) is 5.75 Å². The molecular weight excluding hydrogens is 380 g/mol. The van der Waals surface area contributed by atoms with Crippen molar-refractivity contribution in [1.29, 1.82) is 0 Å². The molecule has 6 nitrogen and oxygen atoms in total. The number of oxazole rings is 1. The molecule has 1 heterocycles. The fourth-order valence-electron chi connectivity index (χ4n) is 3.09. The second kappa shape index (κ2) is 9.48. The molecule has 0 saturated carbocycles. The number of rotatable bonds is 11. The lowest BCUT2D eigenvalue weighted by molar-refractivity contribution is -0.152. The minimum absolute atomic E-state index is 0.518. The summed E-state index contributed by atoms with van der Waals surface area (Å²) in [7, 11) is 0. The first-order chi connectivity index (χ1) is 14.4. The number of para-hydroxylation sites is 2. The molecule has 3 rings (SSSR count). The van der Waals surface area contributed by atoms with Crippen LogP contribution in [-0.2, 0) is 11.3 Å². The maximum absolute atomic E-state index is 11.4. The average Bonchev–Trinajstić information content (AvgIpc) is 3.14. The number of allylic oxidation sites excluding steroid dienone is 1. The van der Waals surface area contributed by atoms with Crippen LogP contribution in [0.1, 0.15) is 38.7 Å². The molecular formula is C24H28N2O4. The summed E-state index contributed by atoms with van der Waals surface area (Å²) in [5.74, 6) is -0.493. The normalized spacial score (nSPS) is 11.4. The number of fused-ring (bicyclic) bond motifs is 1. The number of hydrogen-bond acceptors (Lipinski definition) is 5. The fourth-order valence-corrected chi connectivity index (χ4v) is 3.09. The Kier molecular flexibility index (Phi) is 6.77. The van der Waals surface area contributed by atoms with Gasteiger partial charge in [0.15, 0.2) is 11.2 Å². The highest BCUT2D eigenvalue weighted by atomic mass is 16.5. The Morgan fingerprint density at radius 1 is 1.23 bits per heavy atom. The molecule has 1 aromatic heterocycles. The summed E-state index contributed by atoms with van der Waals surface area (Å²) >= 11 is 0. The van der Waals surface area contributed by atoms with E-state index in [4.69, 9.17) is 9.15 Å². The van der Waals surface area contributed by atoms with Crippen molar-refractivity contribution in [3.8, 4) is 5.75 Å². The number of ether oxygens (including phenoxy) is 1. The van der Waals surface area contributed by atoms with Gasteiger partial charge in [-0.15, -0.1) is 6.58 Å². The van der Waals surface area contributed by atoms with Gasteiger partial charge in [0, 0.05) is 13.1 Å². The van der Waals surface area contributed by atoms with Crippen molar-refractivity contribution < 1.29 is 19.1 Å². The van der Waals surface area contributed by atoms with E-state index in [1.54, 1.807) is 6.07 Å². The van der Waals surface area contributed by atoms with Crippen LogP contribution < -0.4 is 9.64 Å². The first-order valence-corrected chi connectivity index (χ1v) is 10.1.